The standard InChI is InChI=1S/C32H40ClN5O4/c1-21-17-29(33)36-23(3)30(21)31(41)34-14-11-22(2)37-15-12-26(13-16-37)38(20-24-7-5-4-6-8-24)32(42)35-19-25-9-10-27(39)28(40)18-25/h4-10,17-18,22,26,39-40H,11-16,19-20H2,1-3H3,(H,34,41)(H,35,42). The van der Waals surface area contributed by atoms with E-state index >= 15 is 0 Å². The summed E-state index contributed by atoms with van der Waals surface area (Å²) >= 11 is 6.01. The summed E-state index contributed by atoms with van der Waals surface area (Å²) in [5.74, 6) is -0.537. The number of carbonyl (C=O) groups is 2. The molecule has 2 heterocycles. The average Bonchev–Trinajstić information content (AvgIpc) is 2.96. The largest absolute Gasteiger partial charge is 0.504 e. The van der Waals surface area contributed by atoms with Gasteiger partial charge in [-0.1, -0.05) is 48.0 Å². The normalized spacial score (nSPS) is 14.8. The molecule has 1 saturated heterocycles. The zero-order valence-electron chi connectivity index (χ0n) is 24.4. The Hall–Kier alpha value is -3.82. The molecule has 4 rings (SSSR count). The molecule has 3 aromatic rings. The van der Waals surface area contributed by atoms with E-state index in [1.807, 2.05) is 42.2 Å². The number of likely N-dealkylation sites (tertiary alicyclic amines) is 1. The van der Waals surface area contributed by atoms with Gasteiger partial charge >= 0.3 is 6.03 Å². The van der Waals surface area contributed by atoms with Gasteiger partial charge in [0.1, 0.15) is 5.15 Å². The maximum absolute atomic E-state index is 13.4. The number of phenols is 2. The summed E-state index contributed by atoms with van der Waals surface area (Å²) in [6.07, 6.45) is 2.49. The Kier molecular flexibility index (Phi) is 10.7. The molecule has 42 heavy (non-hydrogen) atoms. The Morgan fingerprint density at radius 2 is 1.74 bits per heavy atom. The quantitative estimate of drug-likeness (QED) is 0.191. The van der Waals surface area contributed by atoms with Gasteiger partial charge in [-0.2, -0.15) is 0 Å². The number of halogens is 1. The highest BCUT2D eigenvalue weighted by molar-refractivity contribution is 6.29. The Balaban J connectivity index is 1.31. The number of hydrogen-bond acceptors (Lipinski definition) is 6. The van der Waals surface area contributed by atoms with Crippen LogP contribution in [-0.2, 0) is 13.1 Å². The summed E-state index contributed by atoms with van der Waals surface area (Å²) < 4.78 is 0. The van der Waals surface area contributed by atoms with Crippen LogP contribution in [0, 0.1) is 13.8 Å². The number of piperidine rings is 1. The first-order valence-corrected chi connectivity index (χ1v) is 14.8. The monoisotopic (exact) mass is 593 g/mol. The highest BCUT2D eigenvalue weighted by atomic mass is 35.5. The third-order valence-corrected chi connectivity index (χ3v) is 8.14. The number of rotatable bonds is 10. The summed E-state index contributed by atoms with van der Waals surface area (Å²) in [6.45, 7) is 8.82. The molecule has 1 aromatic heterocycles. The van der Waals surface area contributed by atoms with Gasteiger partial charge in [-0.05, 0) is 74.9 Å². The molecule has 0 bridgehead atoms. The number of phenolic OH excluding ortho intramolecular Hbond substituents is 2. The van der Waals surface area contributed by atoms with Gasteiger partial charge in [0.25, 0.3) is 5.91 Å². The summed E-state index contributed by atoms with van der Waals surface area (Å²) in [6, 6.07) is 16.4. The molecule has 3 amide bonds. The lowest BCUT2D eigenvalue weighted by Gasteiger charge is -2.41. The van der Waals surface area contributed by atoms with Crippen LogP contribution < -0.4 is 10.6 Å². The number of aromatic hydroxyl groups is 2. The van der Waals surface area contributed by atoms with Crippen molar-refractivity contribution in [3.05, 3.63) is 87.7 Å². The smallest absolute Gasteiger partial charge is 0.318 e. The molecular formula is C32H40ClN5O4. The molecule has 0 spiro atoms. The Labute approximate surface area is 252 Å². The van der Waals surface area contributed by atoms with E-state index in [4.69, 9.17) is 11.6 Å². The number of aryl methyl sites for hydroxylation is 2. The SMILES string of the molecule is Cc1cc(Cl)nc(C)c1C(=O)NCCC(C)N1CCC(N(Cc2ccccc2)C(=O)NCc2ccc(O)c(O)c2)CC1. The van der Waals surface area contributed by atoms with Crippen molar-refractivity contribution < 1.29 is 19.8 Å². The zero-order chi connectivity index (χ0) is 30.2. The van der Waals surface area contributed by atoms with E-state index in [-0.39, 0.29) is 42.1 Å². The lowest BCUT2D eigenvalue weighted by molar-refractivity contribution is 0.0903. The van der Waals surface area contributed by atoms with Gasteiger partial charge in [-0.15, -0.1) is 0 Å². The summed E-state index contributed by atoms with van der Waals surface area (Å²) in [5.41, 5.74) is 3.77. The van der Waals surface area contributed by atoms with Crippen LogP contribution in [0.5, 0.6) is 11.5 Å². The minimum absolute atomic E-state index is 0.0740. The van der Waals surface area contributed by atoms with Crippen molar-refractivity contribution in [1.29, 1.82) is 0 Å². The average molecular weight is 594 g/mol. The van der Waals surface area contributed by atoms with Crippen molar-refractivity contribution >= 4 is 23.5 Å². The maximum Gasteiger partial charge on any atom is 0.318 e. The minimum Gasteiger partial charge on any atom is -0.504 e. The number of hydrogen-bond donors (Lipinski definition) is 4. The lowest BCUT2D eigenvalue weighted by Crippen LogP contribution is -2.51. The van der Waals surface area contributed by atoms with E-state index in [2.05, 4.69) is 27.4 Å². The van der Waals surface area contributed by atoms with Gasteiger partial charge < -0.3 is 30.6 Å². The van der Waals surface area contributed by atoms with Crippen LogP contribution in [0.25, 0.3) is 0 Å². The van der Waals surface area contributed by atoms with E-state index in [9.17, 15) is 19.8 Å². The first-order chi connectivity index (χ1) is 20.1. The minimum atomic E-state index is -0.212. The molecule has 1 unspecified atom stereocenters. The molecule has 2 aromatic carbocycles. The third kappa shape index (κ3) is 8.14. The molecule has 9 nitrogen and oxygen atoms in total. The molecule has 0 radical (unpaired) electrons. The van der Waals surface area contributed by atoms with Gasteiger partial charge in [0.2, 0.25) is 0 Å². The summed E-state index contributed by atoms with van der Waals surface area (Å²) in [7, 11) is 0. The van der Waals surface area contributed by atoms with Crippen LogP contribution in [0.3, 0.4) is 0 Å². The number of benzene rings is 2. The van der Waals surface area contributed by atoms with E-state index in [1.54, 1.807) is 19.1 Å². The van der Waals surface area contributed by atoms with Crippen molar-refractivity contribution in [2.45, 2.75) is 65.2 Å². The van der Waals surface area contributed by atoms with E-state index in [0.29, 0.717) is 35.1 Å². The number of carbonyl (C=O) groups excluding carboxylic acids is 2. The van der Waals surface area contributed by atoms with Crippen molar-refractivity contribution in [3.63, 3.8) is 0 Å². The van der Waals surface area contributed by atoms with Crippen molar-refractivity contribution in [2.75, 3.05) is 19.6 Å². The fraction of sp³-hybridized carbons (Fsp3) is 0.406. The Morgan fingerprint density at radius 3 is 2.40 bits per heavy atom. The molecule has 0 aliphatic carbocycles. The number of amides is 3. The van der Waals surface area contributed by atoms with E-state index in [0.717, 1.165) is 43.5 Å². The van der Waals surface area contributed by atoms with Crippen LogP contribution >= 0.6 is 11.6 Å². The molecule has 1 aliphatic rings. The van der Waals surface area contributed by atoms with Crippen molar-refractivity contribution in [3.8, 4) is 11.5 Å². The summed E-state index contributed by atoms with van der Waals surface area (Å²) in [4.78, 5) is 34.7. The van der Waals surface area contributed by atoms with Crippen molar-refractivity contribution in [1.82, 2.24) is 25.4 Å². The number of urea groups is 1. The second kappa shape index (κ2) is 14.4. The number of nitrogens with one attached hydrogen (secondary N) is 2. The lowest BCUT2D eigenvalue weighted by atomic mass is 10.00. The van der Waals surface area contributed by atoms with E-state index in [1.165, 1.54) is 12.1 Å². The van der Waals surface area contributed by atoms with Crippen LogP contribution in [0.2, 0.25) is 5.15 Å². The van der Waals surface area contributed by atoms with Crippen molar-refractivity contribution in [2.24, 2.45) is 0 Å². The molecule has 4 N–H and O–H groups in total. The predicted octanol–water partition coefficient (Wildman–Crippen LogP) is 5.15. The number of nitrogens with zero attached hydrogens (tertiary/aromatic N) is 3. The second-order valence-electron chi connectivity index (χ2n) is 11.0. The Bertz CT molecular complexity index is 1360. The molecule has 10 heteroatoms. The summed E-state index contributed by atoms with van der Waals surface area (Å²) in [5, 5.41) is 25.8. The first kappa shape index (κ1) is 31.1. The van der Waals surface area contributed by atoms with Crippen LogP contribution in [0.1, 0.15) is 58.9 Å². The first-order valence-electron chi connectivity index (χ1n) is 14.4. The van der Waals surface area contributed by atoms with Gasteiger partial charge in [-0.25, -0.2) is 9.78 Å². The van der Waals surface area contributed by atoms with E-state index < -0.39 is 0 Å². The molecule has 1 aliphatic heterocycles. The highest BCUT2D eigenvalue weighted by Crippen LogP contribution is 2.25. The van der Waals surface area contributed by atoms with Crippen LogP contribution in [0.4, 0.5) is 4.79 Å². The zero-order valence-corrected chi connectivity index (χ0v) is 25.2. The van der Waals surface area contributed by atoms with Gasteiger partial charge in [0.15, 0.2) is 11.5 Å². The Morgan fingerprint density at radius 1 is 1.02 bits per heavy atom. The number of aromatic nitrogens is 1. The van der Waals surface area contributed by atoms with Crippen LogP contribution in [0.15, 0.2) is 54.6 Å². The second-order valence-corrected chi connectivity index (χ2v) is 11.4. The topological polar surface area (TPSA) is 118 Å². The molecule has 224 valence electrons. The molecule has 1 atom stereocenters. The molecule has 1 fully saturated rings. The fourth-order valence-corrected chi connectivity index (χ4v) is 5.83. The molecular weight excluding hydrogens is 554 g/mol. The van der Waals surface area contributed by atoms with Crippen LogP contribution in [-0.4, -0.2) is 68.7 Å². The third-order valence-electron chi connectivity index (χ3n) is 7.94. The van der Waals surface area contributed by atoms with Gasteiger partial charge in [0, 0.05) is 44.8 Å². The number of pyridine rings is 1. The predicted molar refractivity (Wildman–Crippen MR) is 164 cm³/mol. The van der Waals surface area contributed by atoms with Gasteiger partial charge in [0.05, 0.1) is 11.3 Å². The fourth-order valence-electron chi connectivity index (χ4n) is 5.54. The molecule has 0 saturated carbocycles. The maximum atomic E-state index is 13.4. The highest BCUT2D eigenvalue weighted by Gasteiger charge is 2.30. The van der Waals surface area contributed by atoms with Gasteiger partial charge in [-0.3, -0.25) is 4.79 Å².